The summed E-state index contributed by atoms with van der Waals surface area (Å²) < 4.78 is 5.19. The van der Waals surface area contributed by atoms with Crippen LogP contribution in [0.5, 0.6) is 5.75 Å². The standard InChI is InChI=1S/C20H23N3O4/c1-13-5-7-16(15(3)9-13)22-19(24)11-21-27-12-20(25)23-17-10-14(2)6-8-18(17)26-4/h5-11H,12H2,1-4H3,(H,22,24)(H,23,25)/b21-11-. The molecule has 0 radical (unpaired) electrons. The molecule has 2 rings (SSSR count). The van der Waals surface area contributed by atoms with Crippen LogP contribution in [0, 0.1) is 20.8 Å². The number of benzene rings is 2. The molecule has 27 heavy (non-hydrogen) atoms. The quantitative estimate of drug-likeness (QED) is 0.579. The van der Waals surface area contributed by atoms with Crippen molar-refractivity contribution in [3.63, 3.8) is 0 Å². The van der Waals surface area contributed by atoms with Gasteiger partial charge in [0.05, 0.1) is 12.8 Å². The summed E-state index contributed by atoms with van der Waals surface area (Å²) in [5.41, 5.74) is 4.28. The second-order valence-corrected chi connectivity index (χ2v) is 6.07. The Balaban J connectivity index is 1.82. The molecular formula is C20H23N3O4. The van der Waals surface area contributed by atoms with Crippen molar-refractivity contribution < 1.29 is 19.2 Å². The highest BCUT2D eigenvalue weighted by atomic mass is 16.6. The molecule has 2 amide bonds. The van der Waals surface area contributed by atoms with Crippen LogP contribution in [0.1, 0.15) is 16.7 Å². The number of carbonyl (C=O) groups is 2. The minimum absolute atomic E-state index is 0.329. The van der Waals surface area contributed by atoms with Gasteiger partial charge in [-0.1, -0.05) is 28.9 Å². The van der Waals surface area contributed by atoms with Gasteiger partial charge in [0.15, 0.2) is 6.61 Å². The zero-order valence-electron chi connectivity index (χ0n) is 15.8. The van der Waals surface area contributed by atoms with Crippen LogP contribution in [0.25, 0.3) is 0 Å². The van der Waals surface area contributed by atoms with Gasteiger partial charge in [0.1, 0.15) is 12.0 Å². The van der Waals surface area contributed by atoms with Gasteiger partial charge in [-0.25, -0.2) is 0 Å². The number of aryl methyl sites for hydroxylation is 3. The highest BCUT2D eigenvalue weighted by molar-refractivity contribution is 6.31. The lowest BCUT2D eigenvalue weighted by atomic mass is 10.1. The van der Waals surface area contributed by atoms with Crippen molar-refractivity contribution in [2.75, 3.05) is 24.4 Å². The highest BCUT2D eigenvalue weighted by Gasteiger charge is 2.08. The van der Waals surface area contributed by atoms with Crippen molar-refractivity contribution in [2.45, 2.75) is 20.8 Å². The number of carbonyl (C=O) groups excluding carboxylic acids is 2. The van der Waals surface area contributed by atoms with E-state index in [1.807, 2.05) is 45.0 Å². The van der Waals surface area contributed by atoms with Crippen LogP contribution < -0.4 is 15.4 Å². The largest absolute Gasteiger partial charge is 0.495 e. The number of ether oxygens (including phenoxy) is 1. The van der Waals surface area contributed by atoms with Crippen LogP contribution in [-0.2, 0) is 14.4 Å². The summed E-state index contributed by atoms with van der Waals surface area (Å²) in [6.07, 6.45) is 0.986. The van der Waals surface area contributed by atoms with Crippen LogP contribution in [0.15, 0.2) is 41.6 Å². The Morgan fingerprint density at radius 3 is 2.41 bits per heavy atom. The summed E-state index contributed by atoms with van der Waals surface area (Å²) in [4.78, 5) is 28.7. The molecule has 0 spiro atoms. The molecule has 0 aliphatic heterocycles. The van der Waals surface area contributed by atoms with Gasteiger partial charge in [0, 0.05) is 5.69 Å². The zero-order chi connectivity index (χ0) is 19.8. The number of anilines is 2. The Morgan fingerprint density at radius 1 is 1.00 bits per heavy atom. The van der Waals surface area contributed by atoms with E-state index in [9.17, 15) is 9.59 Å². The first-order valence-electron chi connectivity index (χ1n) is 8.37. The fraction of sp³-hybridized carbons (Fsp3) is 0.250. The summed E-state index contributed by atoms with van der Waals surface area (Å²) in [5, 5.41) is 8.91. The van der Waals surface area contributed by atoms with Crippen molar-refractivity contribution in [1.29, 1.82) is 0 Å². The molecule has 2 N–H and O–H groups in total. The molecule has 2 aromatic carbocycles. The Labute approximate surface area is 158 Å². The molecule has 7 nitrogen and oxygen atoms in total. The maximum Gasteiger partial charge on any atom is 0.270 e. The van der Waals surface area contributed by atoms with E-state index in [2.05, 4.69) is 15.8 Å². The fourth-order valence-electron chi connectivity index (χ4n) is 2.41. The van der Waals surface area contributed by atoms with Gasteiger partial charge in [0.25, 0.3) is 11.8 Å². The van der Waals surface area contributed by atoms with Gasteiger partial charge in [-0.3, -0.25) is 9.59 Å². The number of amides is 2. The van der Waals surface area contributed by atoms with Crippen LogP contribution in [0.2, 0.25) is 0 Å². The van der Waals surface area contributed by atoms with E-state index in [1.54, 1.807) is 12.1 Å². The summed E-state index contributed by atoms with van der Waals surface area (Å²) in [6.45, 7) is 5.46. The number of nitrogens with zero attached hydrogens (tertiary/aromatic N) is 1. The van der Waals surface area contributed by atoms with Gasteiger partial charge in [0.2, 0.25) is 0 Å². The van der Waals surface area contributed by atoms with E-state index in [0.29, 0.717) is 17.1 Å². The molecule has 7 heteroatoms. The van der Waals surface area contributed by atoms with Crippen LogP contribution in [0.4, 0.5) is 11.4 Å². The van der Waals surface area contributed by atoms with Crippen LogP contribution >= 0.6 is 0 Å². The molecule has 0 heterocycles. The molecule has 0 bridgehead atoms. The van der Waals surface area contributed by atoms with Gasteiger partial charge in [-0.2, -0.15) is 0 Å². The van der Waals surface area contributed by atoms with Crippen molar-refractivity contribution in [1.82, 2.24) is 0 Å². The molecule has 0 unspecified atom stereocenters. The monoisotopic (exact) mass is 369 g/mol. The number of nitrogens with one attached hydrogen (secondary N) is 2. The second kappa shape index (κ2) is 9.38. The van der Waals surface area contributed by atoms with Gasteiger partial charge >= 0.3 is 0 Å². The molecule has 0 atom stereocenters. The van der Waals surface area contributed by atoms with E-state index < -0.39 is 11.8 Å². The van der Waals surface area contributed by atoms with Crippen LogP contribution in [-0.4, -0.2) is 31.7 Å². The molecule has 0 aromatic heterocycles. The molecule has 0 aliphatic rings. The first-order chi connectivity index (χ1) is 12.9. The smallest absolute Gasteiger partial charge is 0.270 e. The molecule has 142 valence electrons. The third-order valence-electron chi connectivity index (χ3n) is 3.71. The second-order valence-electron chi connectivity index (χ2n) is 6.07. The Hall–Kier alpha value is -3.35. The molecule has 0 aliphatic carbocycles. The summed E-state index contributed by atoms with van der Waals surface area (Å²) in [5.74, 6) is -0.307. The number of oxime groups is 1. The summed E-state index contributed by atoms with van der Waals surface area (Å²) >= 11 is 0. The molecule has 0 saturated heterocycles. The molecule has 2 aromatic rings. The van der Waals surface area contributed by atoms with E-state index in [0.717, 1.165) is 22.9 Å². The van der Waals surface area contributed by atoms with E-state index in [1.165, 1.54) is 7.11 Å². The predicted octanol–water partition coefficient (Wildman–Crippen LogP) is 3.20. The van der Waals surface area contributed by atoms with Gasteiger partial charge in [-0.15, -0.1) is 0 Å². The number of hydrogen-bond acceptors (Lipinski definition) is 5. The topological polar surface area (TPSA) is 89.0 Å². The molecule has 0 saturated carbocycles. The maximum absolute atomic E-state index is 11.9. The first kappa shape index (κ1) is 20.0. The van der Waals surface area contributed by atoms with Crippen molar-refractivity contribution in [2.24, 2.45) is 5.16 Å². The summed E-state index contributed by atoms with van der Waals surface area (Å²) in [7, 11) is 1.52. The lowest BCUT2D eigenvalue weighted by Gasteiger charge is -2.10. The molecule has 0 fully saturated rings. The zero-order valence-corrected chi connectivity index (χ0v) is 15.8. The minimum Gasteiger partial charge on any atom is -0.495 e. The predicted molar refractivity (Wildman–Crippen MR) is 105 cm³/mol. The van der Waals surface area contributed by atoms with Crippen LogP contribution in [0.3, 0.4) is 0 Å². The lowest BCUT2D eigenvalue weighted by molar-refractivity contribution is -0.120. The summed E-state index contributed by atoms with van der Waals surface area (Å²) in [6, 6.07) is 11.1. The third kappa shape index (κ3) is 6.14. The average molecular weight is 369 g/mol. The van der Waals surface area contributed by atoms with Crippen molar-refractivity contribution >= 4 is 29.4 Å². The first-order valence-corrected chi connectivity index (χ1v) is 8.37. The minimum atomic E-state index is -0.442. The Bertz CT molecular complexity index is 862. The Kier molecular flexibility index (Phi) is 6.93. The number of rotatable bonds is 7. The normalized spacial score (nSPS) is 10.5. The lowest BCUT2D eigenvalue weighted by Crippen LogP contribution is -2.18. The van der Waals surface area contributed by atoms with E-state index >= 15 is 0 Å². The Morgan fingerprint density at radius 2 is 1.70 bits per heavy atom. The maximum atomic E-state index is 11.9. The van der Waals surface area contributed by atoms with E-state index in [-0.39, 0.29) is 6.61 Å². The van der Waals surface area contributed by atoms with Crippen molar-refractivity contribution in [3.8, 4) is 5.75 Å². The third-order valence-corrected chi connectivity index (χ3v) is 3.71. The number of hydrogen-bond donors (Lipinski definition) is 2. The SMILES string of the molecule is COc1ccc(C)cc1NC(=O)CO/N=C\C(=O)Nc1ccc(C)cc1C. The van der Waals surface area contributed by atoms with E-state index in [4.69, 9.17) is 9.57 Å². The molecular weight excluding hydrogens is 346 g/mol. The van der Waals surface area contributed by atoms with Crippen molar-refractivity contribution in [3.05, 3.63) is 53.1 Å². The fourth-order valence-corrected chi connectivity index (χ4v) is 2.41. The van der Waals surface area contributed by atoms with Gasteiger partial charge < -0.3 is 20.2 Å². The van der Waals surface area contributed by atoms with Gasteiger partial charge in [-0.05, 0) is 50.1 Å². The number of methoxy groups -OCH3 is 1. The average Bonchev–Trinajstić information content (AvgIpc) is 2.61. The highest BCUT2D eigenvalue weighted by Crippen LogP contribution is 2.25.